The van der Waals surface area contributed by atoms with Gasteiger partial charge >= 0.3 is 0 Å². The van der Waals surface area contributed by atoms with E-state index in [-0.39, 0.29) is 13.2 Å². The predicted octanol–water partition coefficient (Wildman–Crippen LogP) is 3.28. The van der Waals surface area contributed by atoms with Crippen molar-refractivity contribution in [2.75, 3.05) is 18.5 Å². The van der Waals surface area contributed by atoms with Crippen molar-refractivity contribution in [1.29, 1.82) is 0 Å². The van der Waals surface area contributed by atoms with Crippen molar-refractivity contribution in [2.24, 2.45) is 0 Å². The zero-order valence-corrected chi connectivity index (χ0v) is 14.0. The minimum absolute atomic E-state index is 0.264. The van der Waals surface area contributed by atoms with Crippen LogP contribution in [0.5, 0.6) is 0 Å². The van der Waals surface area contributed by atoms with Crippen LogP contribution in [0, 0.1) is 13.8 Å². The molecule has 0 saturated carbocycles. The summed E-state index contributed by atoms with van der Waals surface area (Å²) in [5, 5.41) is 22.8. The minimum Gasteiger partial charge on any atom is -0.394 e. The highest BCUT2D eigenvalue weighted by molar-refractivity contribution is 5.93. The number of pyridine rings is 1. The van der Waals surface area contributed by atoms with E-state index in [9.17, 15) is 5.11 Å². The van der Waals surface area contributed by atoms with Gasteiger partial charge in [-0.3, -0.25) is 0 Å². The Morgan fingerprint density at radius 2 is 1.83 bits per heavy atom. The molecule has 3 rings (SSSR count). The lowest BCUT2D eigenvalue weighted by Gasteiger charge is -2.14. The third kappa shape index (κ3) is 3.40. The molecule has 0 aliphatic rings. The average Bonchev–Trinajstić information content (AvgIpc) is 2.61. The van der Waals surface area contributed by atoms with E-state index in [0.717, 1.165) is 27.8 Å². The number of anilines is 1. The third-order valence-corrected chi connectivity index (χ3v) is 4.26. The van der Waals surface area contributed by atoms with Gasteiger partial charge in [0.1, 0.15) is 0 Å². The van der Waals surface area contributed by atoms with Gasteiger partial charge in [0.05, 0.1) is 23.9 Å². The maximum atomic E-state index is 9.62. The first-order chi connectivity index (χ1) is 11.6. The smallest absolute Gasteiger partial charge is 0.0942 e. The van der Waals surface area contributed by atoms with Crippen LogP contribution in [0.15, 0.2) is 48.5 Å². The van der Waals surface area contributed by atoms with Gasteiger partial charge in [-0.05, 0) is 43.2 Å². The first-order valence-electron chi connectivity index (χ1n) is 8.08. The molecule has 1 aromatic heterocycles. The van der Waals surface area contributed by atoms with Gasteiger partial charge in [-0.1, -0.05) is 30.3 Å². The predicted molar refractivity (Wildman–Crippen MR) is 98.2 cm³/mol. The van der Waals surface area contributed by atoms with E-state index in [0.29, 0.717) is 0 Å². The number of para-hydroxylation sites is 1. The zero-order chi connectivity index (χ0) is 17.1. The Morgan fingerprint density at radius 1 is 1.04 bits per heavy atom. The highest BCUT2D eigenvalue weighted by Crippen LogP contribution is 2.29. The molecule has 124 valence electrons. The molecule has 0 bridgehead atoms. The van der Waals surface area contributed by atoms with Gasteiger partial charge in [0.15, 0.2) is 0 Å². The number of fused-ring (bicyclic) bond motifs is 1. The normalized spacial score (nSPS) is 12.3. The van der Waals surface area contributed by atoms with Gasteiger partial charge in [-0.15, -0.1) is 0 Å². The molecule has 0 amide bonds. The Bertz CT molecular complexity index is 861. The van der Waals surface area contributed by atoms with Crippen LogP contribution < -0.4 is 5.32 Å². The lowest BCUT2D eigenvalue weighted by Crippen LogP contribution is -2.23. The molecule has 4 heteroatoms. The summed E-state index contributed by atoms with van der Waals surface area (Å²) in [6, 6.07) is 16.2. The zero-order valence-electron chi connectivity index (χ0n) is 14.0. The van der Waals surface area contributed by atoms with Crippen molar-refractivity contribution >= 4 is 16.6 Å². The SMILES string of the molecule is Cc1ccc(-c2cc(NCC(O)CO)c3ccccc3n2)cc1C. The molecule has 0 aliphatic carbocycles. The summed E-state index contributed by atoms with van der Waals surface area (Å²) < 4.78 is 0. The van der Waals surface area contributed by atoms with Crippen molar-refractivity contribution in [3.63, 3.8) is 0 Å². The lowest BCUT2D eigenvalue weighted by molar-refractivity contribution is 0.105. The Kier molecular flexibility index (Phi) is 4.79. The van der Waals surface area contributed by atoms with E-state index in [1.807, 2.05) is 30.3 Å². The molecule has 3 N–H and O–H groups in total. The van der Waals surface area contributed by atoms with E-state index >= 15 is 0 Å². The minimum atomic E-state index is -0.790. The fourth-order valence-electron chi connectivity index (χ4n) is 2.66. The number of aromatic nitrogens is 1. The molecular weight excluding hydrogens is 300 g/mol. The molecule has 0 radical (unpaired) electrons. The van der Waals surface area contributed by atoms with Gasteiger partial charge in [-0.2, -0.15) is 0 Å². The Labute approximate surface area is 141 Å². The standard InChI is InChI=1S/C20H22N2O2/c1-13-7-8-15(9-14(13)2)19-10-20(21-11-16(24)12-23)17-5-3-4-6-18(17)22-19/h3-10,16,23-24H,11-12H2,1-2H3,(H,21,22). The van der Waals surface area contributed by atoms with Crippen molar-refractivity contribution in [1.82, 2.24) is 4.98 Å². The number of nitrogens with one attached hydrogen (secondary N) is 1. The summed E-state index contributed by atoms with van der Waals surface area (Å²) in [5.74, 6) is 0. The number of aliphatic hydroxyl groups excluding tert-OH is 2. The average molecular weight is 322 g/mol. The molecule has 0 saturated heterocycles. The molecule has 24 heavy (non-hydrogen) atoms. The van der Waals surface area contributed by atoms with Crippen molar-refractivity contribution in [3.05, 3.63) is 59.7 Å². The number of benzene rings is 2. The number of aryl methyl sites for hydroxylation is 2. The second-order valence-corrected chi connectivity index (χ2v) is 6.09. The first-order valence-corrected chi connectivity index (χ1v) is 8.08. The van der Waals surface area contributed by atoms with Crippen LogP contribution in [-0.4, -0.2) is 34.5 Å². The molecule has 1 atom stereocenters. The number of hydrogen-bond acceptors (Lipinski definition) is 4. The van der Waals surface area contributed by atoms with E-state index in [1.165, 1.54) is 11.1 Å². The van der Waals surface area contributed by atoms with Crippen molar-refractivity contribution < 1.29 is 10.2 Å². The Hall–Kier alpha value is -2.43. The van der Waals surface area contributed by atoms with Crippen LogP contribution in [-0.2, 0) is 0 Å². The quantitative estimate of drug-likeness (QED) is 0.674. The molecule has 1 unspecified atom stereocenters. The number of hydrogen-bond donors (Lipinski definition) is 3. The van der Waals surface area contributed by atoms with Gasteiger partial charge in [0.2, 0.25) is 0 Å². The molecule has 4 nitrogen and oxygen atoms in total. The first kappa shape index (κ1) is 16.4. The van der Waals surface area contributed by atoms with Crippen molar-refractivity contribution in [2.45, 2.75) is 20.0 Å². The van der Waals surface area contributed by atoms with Crippen LogP contribution in [0.25, 0.3) is 22.2 Å². The lowest BCUT2D eigenvalue weighted by atomic mass is 10.0. The van der Waals surface area contributed by atoms with Gasteiger partial charge in [-0.25, -0.2) is 4.98 Å². The third-order valence-electron chi connectivity index (χ3n) is 4.26. The molecule has 0 aliphatic heterocycles. The summed E-state index contributed by atoms with van der Waals surface area (Å²) in [5.41, 5.74) is 6.24. The second kappa shape index (κ2) is 6.99. The molecule has 0 fully saturated rings. The summed E-state index contributed by atoms with van der Waals surface area (Å²) in [6.07, 6.45) is -0.790. The van der Waals surface area contributed by atoms with Crippen molar-refractivity contribution in [3.8, 4) is 11.3 Å². The van der Waals surface area contributed by atoms with Gasteiger partial charge < -0.3 is 15.5 Å². The fourth-order valence-corrected chi connectivity index (χ4v) is 2.66. The largest absolute Gasteiger partial charge is 0.394 e. The molecular formula is C20H22N2O2. The Balaban J connectivity index is 2.07. The van der Waals surface area contributed by atoms with Gasteiger partial charge in [0.25, 0.3) is 0 Å². The molecule has 1 heterocycles. The molecule has 0 spiro atoms. The van der Waals surface area contributed by atoms with Crippen LogP contribution in [0.3, 0.4) is 0 Å². The monoisotopic (exact) mass is 322 g/mol. The van der Waals surface area contributed by atoms with Crippen LogP contribution in [0.4, 0.5) is 5.69 Å². The van der Waals surface area contributed by atoms with E-state index in [4.69, 9.17) is 10.1 Å². The summed E-state index contributed by atoms with van der Waals surface area (Å²) in [7, 11) is 0. The van der Waals surface area contributed by atoms with Crippen LogP contribution in [0.1, 0.15) is 11.1 Å². The second-order valence-electron chi connectivity index (χ2n) is 6.09. The fraction of sp³-hybridized carbons (Fsp3) is 0.250. The molecule has 2 aromatic carbocycles. The number of nitrogens with zero attached hydrogens (tertiary/aromatic N) is 1. The topological polar surface area (TPSA) is 65.4 Å². The number of aliphatic hydroxyl groups is 2. The molecule has 3 aromatic rings. The highest BCUT2D eigenvalue weighted by Gasteiger charge is 2.09. The number of rotatable bonds is 5. The maximum Gasteiger partial charge on any atom is 0.0942 e. The maximum absolute atomic E-state index is 9.62. The van der Waals surface area contributed by atoms with Gasteiger partial charge in [0, 0.05) is 23.2 Å². The van der Waals surface area contributed by atoms with E-state index in [2.05, 4.69) is 37.4 Å². The van der Waals surface area contributed by atoms with Crippen LogP contribution in [0.2, 0.25) is 0 Å². The van der Waals surface area contributed by atoms with E-state index in [1.54, 1.807) is 0 Å². The highest BCUT2D eigenvalue weighted by atomic mass is 16.3. The summed E-state index contributed by atoms with van der Waals surface area (Å²) >= 11 is 0. The Morgan fingerprint density at radius 3 is 2.58 bits per heavy atom. The summed E-state index contributed by atoms with van der Waals surface area (Å²) in [4.78, 5) is 4.77. The summed E-state index contributed by atoms with van der Waals surface area (Å²) in [6.45, 7) is 4.21. The van der Waals surface area contributed by atoms with E-state index < -0.39 is 6.10 Å². The van der Waals surface area contributed by atoms with Crippen LogP contribution >= 0.6 is 0 Å².